The lowest BCUT2D eigenvalue weighted by atomic mass is 10.1. The fourth-order valence-corrected chi connectivity index (χ4v) is 2.11. The van der Waals surface area contributed by atoms with Crippen LogP contribution in [-0.4, -0.2) is 4.98 Å². The van der Waals surface area contributed by atoms with E-state index < -0.39 is 0 Å². The van der Waals surface area contributed by atoms with Gasteiger partial charge in [0.1, 0.15) is 0 Å². The van der Waals surface area contributed by atoms with E-state index in [0.29, 0.717) is 0 Å². The Morgan fingerprint density at radius 2 is 1.44 bits per heavy atom. The van der Waals surface area contributed by atoms with Crippen LogP contribution < -0.4 is 0 Å². The summed E-state index contributed by atoms with van der Waals surface area (Å²) in [5, 5.41) is 0.758. The first-order chi connectivity index (χ1) is 8.83. The third-order valence-corrected chi connectivity index (χ3v) is 3.20. The fourth-order valence-electron chi connectivity index (χ4n) is 1.99. The lowest BCUT2D eigenvalue weighted by Gasteiger charge is -1.97. The summed E-state index contributed by atoms with van der Waals surface area (Å²) < 4.78 is 0. The Bertz CT molecular complexity index is 638. The first-order valence-electron chi connectivity index (χ1n) is 5.83. The molecule has 2 heteroatoms. The van der Waals surface area contributed by atoms with Gasteiger partial charge < -0.3 is 4.98 Å². The first-order valence-corrected chi connectivity index (χ1v) is 6.20. The third-order valence-electron chi connectivity index (χ3n) is 2.95. The number of nitrogens with one attached hydrogen (secondary N) is 1. The summed E-state index contributed by atoms with van der Waals surface area (Å²) in [7, 11) is 0. The van der Waals surface area contributed by atoms with Gasteiger partial charge in [-0.3, -0.25) is 0 Å². The Labute approximate surface area is 111 Å². The van der Waals surface area contributed by atoms with Crippen LogP contribution in [0.5, 0.6) is 0 Å². The average Bonchev–Trinajstić information content (AvgIpc) is 2.90. The van der Waals surface area contributed by atoms with E-state index in [4.69, 9.17) is 11.6 Å². The van der Waals surface area contributed by atoms with E-state index in [-0.39, 0.29) is 0 Å². The highest BCUT2D eigenvalue weighted by molar-refractivity contribution is 6.30. The second-order valence-corrected chi connectivity index (χ2v) is 4.61. The van der Waals surface area contributed by atoms with Gasteiger partial charge in [0.15, 0.2) is 0 Å². The molecule has 0 saturated heterocycles. The molecule has 0 aliphatic carbocycles. The molecule has 0 amide bonds. The number of benzene rings is 2. The summed E-state index contributed by atoms with van der Waals surface area (Å²) >= 11 is 5.89. The van der Waals surface area contributed by atoms with Gasteiger partial charge in [-0.15, -0.1) is 0 Å². The molecule has 3 rings (SSSR count). The third kappa shape index (κ3) is 2.18. The number of aromatic amines is 1. The number of halogens is 1. The molecule has 18 heavy (non-hydrogen) atoms. The summed E-state index contributed by atoms with van der Waals surface area (Å²) in [4.78, 5) is 3.30. The Morgan fingerprint density at radius 1 is 0.722 bits per heavy atom. The molecule has 0 unspecified atom stereocenters. The molecule has 0 bridgehead atoms. The largest absolute Gasteiger partial charge is 0.361 e. The molecule has 0 aliphatic rings. The van der Waals surface area contributed by atoms with Gasteiger partial charge in [0.25, 0.3) is 0 Å². The maximum absolute atomic E-state index is 5.89. The molecule has 1 heterocycles. The molecule has 88 valence electrons. The number of hydrogen-bond acceptors (Lipinski definition) is 0. The van der Waals surface area contributed by atoms with Gasteiger partial charge in [-0.05, 0) is 34.9 Å². The van der Waals surface area contributed by atoms with Crippen molar-refractivity contribution in [2.45, 2.75) is 0 Å². The van der Waals surface area contributed by atoms with Gasteiger partial charge in [0.2, 0.25) is 0 Å². The minimum absolute atomic E-state index is 0.758. The van der Waals surface area contributed by atoms with E-state index in [1.54, 1.807) is 0 Å². The Morgan fingerprint density at radius 3 is 2.17 bits per heavy atom. The molecule has 1 N–H and O–H groups in total. The van der Waals surface area contributed by atoms with Gasteiger partial charge in [-0.1, -0.05) is 54.1 Å². The van der Waals surface area contributed by atoms with E-state index in [1.807, 2.05) is 48.7 Å². The maximum atomic E-state index is 5.89. The summed E-state index contributed by atoms with van der Waals surface area (Å²) in [6.45, 7) is 0. The highest BCUT2D eigenvalue weighted by Gasteiger charge is 2.03. The van der Waals surface area contributed by atoms with E-state index in [2.05, 4.69) is 23.2 Å². The summed E-state index contributed by atoms with van der Waals surface area (Å²) in [5.74, 6) is 0. The lowest BCUT2D eigenvalue weighted by Crippen LogP contribution is -1.75. The minimum atomic E-state index is 0.758. The van der Waals surface area contributed by atoms with E-state index in [1.165, 1.54) is 11.1 Å². The average molecular weight is 254 g/mol. The first kappa shape index (κ1) is 11.1. The molecule has 0 spiro atoms. The zero-order valence-corrected chi connectivity index (χ0v) is 10.5. The summed E-state index contributed by atoms with van der Waals surface area (Å²) in [6.07, 6.45) is 2.03. The van der Waals surface area contributed by atoms with Crippen molar-refractivity contribution < 1.29 is 0 Å². The molecule has 0 fully saturated rings. The van der Waals surface area contributed by atoms with Gasteiger partial charge in [0.05, 0.1) is 0 Å². The fraction of sp³-hybridized carbons (Fsp3) is 0. The molecule has 1 nitrogen and oxygen atoms in total. The van der Waals surface area contributed by atoms with Crippen LogP contribution in [0.2, 0.25) is 5.02 Å². The number of hydrogen-bond donors (Lipinski definition) is 1. The summed E-state index contributed by atoms with van der Waals surface area (Å²) in [5.41, 5.74) is 4.65. The monoisotopic (exact) mass is 253 g/mol. The topological polar surface area (TPSA) is 15.8 Å². The van der Waals surface area contributed by atoms with Crippen molar-refractivity contribution in [2.75, 3.05) is 0 Å². The molecule has 1 aromatic heterocycles. The lowest BCUT2D eigenvalue weighted by molar-refractivity contribution is 1.40. The molecular formula is C16H12ClN. The molecule has 0 atom stereocenters. The smallest absolute Gasteiger partial charge is 0.0460 e. The Hall–Kier alpha value is -1.99. The van der Waals surface area contributed by atoms with Gasteiger partial charge in [-0.25, -0.2) is 0 Å². The van der Waals surface area contributed by atoms with Gasteiger partial charge in [-0.2, -0.15) is 0 Å². The number of aromatic nitrogens is 1. The SMILES string of the molecule is Clc1ccc(-c2cc(-c3ccccc3)c[nH]2)cc1. The van der Waals surface area contributed by atoms with Gasteiger partial charge >= 0.3 is 0 Å². The highest BCUT2D eigenvalue weighted by atomic mass is 35.5. The van der Waals surface area contributed by atoms with Crippen molar-refractivity contribution in [1.29, 1.82) is 0 Å². The number of rotatable bonds is 2. The standard InChI is InChI=1S/C16H12ClN/c17-15-8-6-13(7-9-15)16-10-14(11-18-16)12-4-2-1-3-5-12/h1-11,18H. The zero-order valence-electron chi connectivity index (χ0n) is 9.73. The molecule has 0 saturated carbocycles. The highest BCUT2D eigenvalue weighted by Crippen LogP contribution is 2.26. The molecular weight excluding hydrogens is 242 g/mol. The van der Waals surface area contributed by atoms with Crippen LogP contribution in [0.15, 0.2) is 66.9 Å². The number of H-pyrrole nitrogens is 1. The molecule has 2 aromatic carbocycles. The van der Waals surface area contributed by atoms with Crippen molar-refractivity contribution in [2.24, 2.45) is 0 Å². The van der Waals surface area contributed by atoms with E-state index in [9.17, 15) is 0 Å². The van der Waals surface area contributed by atoms with Crippen molar-refractivity contribution in [1.82, 2.24) is 4.98 Å². The van der Waals surface area contributed by atoms with Crippen molar-refractivity contribution >= 4 is 11.6 Å². The maximum Gasteiger partial charge on any atom is 0.0460 e. The van der Waals surface area contributed by atoms with Gasteiger partial charge in [0, 0.05) is 16.9 Å². The second kappa shape index (κ2) is 4.71. The van der Waals surface area contributed by atoms with E-state index in [0.717, 1.165) is 16.3 Å². The van der Waals surface area contributed by atoms with E-state index >= 15 is 0 Å². The van der Waals surface area contributed by atoms with Crippen LogP contribution in [0.25, 0.3) is 22.4 Å². The van der Waals surface area contributed by atoms with Crippen LogP contribution in [0, 0.1) is 0 Å². The van der Waals surface area contributed by atoms with Crippen LogP contribution >= 0.6 is 11.6 Å². The Kier molecular flexibility index (Phi) is 2.91. The van der Waals surface area contributed by atoms with Crippen LogP contribution in [0.4, 0.5) is 0 Å². The second-order valence-electron chi connectivity index (χ2n) is 4.17. The quantitative estimate of drug-likeness (QED) is 0.661. The van der Waals surface area contributed by atoms with Crippen LogP contribution in [0.3, 0.4) is 0 Å². The molecule has 3 aromatic rings. The van der Waals surface area contributed by atoms with Crippen molar-refractivity contribution in [3.8, 4) is 22.4 Å². The summed E-state index contributed by atoms with van der Waals surface area (Å²) in [6, 6.07) is 20.3. The predicted molar refractivity (Wildman–Crippen MR) is 76.7 cm³/mol. The Balaban J connectivity index is 1.97. The predicted octanol–water partition coefficient (Wildman–Crippen LogP) is 5.00. The normalized spacial score (nSPS) is 10.5. The van der Waals surface area contributed by atoms with Crippen molar-refractivity contribution in [3.63, 3.8) is 0 Å². The van der Waals surface area contributed by atoms with Crippen molar-refractivity contribution in [3.05, 3.63) is 71.9 Å². The minimum Gasteiger partial charge on any atom is -0.361 e. The van der Waals surface area contributed by atoms with Crippen LogP contribution in [-0.2, 0) is 0 Å². The van der Waals surface area contributed by atoms with Crippen LogP contribution in [0.1, 0.15) is 0 Å². The molecule has 0 radical (unpaired) electrons. The molecule has 0 aliphatic heterocycles. The zero-order chi connectivity index (χ0) is 12.4.